The van der Waals surface area contributed by atoms with E-state index >= 15 is 0 Å². The van der Waals surface area contributed by atoms with Crippen LogP contribution >= 0.6 is 0 Å². The number of ether oxygens (including phenoxy) is 1. The number of aryl methyl sites for hydroxylation is 2. The van der Waals surface area contributed by atoms with Gasteiger partial charge in [0.2, 0.25) is 15.9 Å². The number of amides is 2. The molecule has 188 valence electrons. The zero-order valence-electron chi connectivity index (χ0n) is 20.5. The first-order chi connectivity index (χ1) is 16.0. The quantitative estimate of drug-likeness (QED) is 0.698. The van der Waals surface area contributed by atoms with Crippen LogP contribution in [0.1, 0.15) is 64.0 Å². The summed E-state index contributed by atoms with van der Waals surface area (Å²) in [7, 11) is -3.60. The lowest BCUT2D eigenvalue weighted by Gasteiger charge is -2.36. The van der Waals surface area contributed by atoms with Crippen molar-refractivity contribution >= 4 is 22.0 Å². The van der Waals surface area contributed by atoms with Gasteiger partial charge in [-0.2, -0.15) is 4.31 Å². The number of hydrogen-bond donors (Lipinski definition) is 1. The fourth-order valence-corrected chi connectivity index (χ4v) is 6.71. The molecule has 34 heavy (non-hydrogen) atoms. The maximum absolute atomic E-state index is 13.3. The number of benzene rings is 1. The summed E-state index contributed by atoms with van der Waals surface area (Å²) < 4.78 is 33.6. The Hall–Kier alpha value is -2.13. The number of hydrogen-bond acceptors (Lipinski definition) is 5. The van der Waals surface area contributed by atoms with Crippen LogP contribution in [0, 0.1) is 5.92 Å². The molecule has 1 aliphatic carbocycles. The molecule has 0 unspecified atom stereocenters. The molecule has 0 saturated carbocycles. The molecule has 0 aromatic heterocycles. The molecule has 9 heteroatoms. The van der Waals surface area contributed by atoms with Crippen LogP contribution in [-0.4, -0.2) is 67.4 Å². The van der Waals surface area contributed by atoms with Gasteiger partial charge in [0, 0.05) is 32.2 Å². The van der Waals surface area contributed by atoms with Gasteiger partial charge in [-0.3, -0.25) is 4.79 Å². The van der Waals surface area contributed by atoms with Crippen molar-refractivity contribution < 1.29 is 22.7 Å². The van der Waals surface area contributed by atoms with Gasteiger partial charge < -0.3 is 15.0 Å². The van der Waals surface area contributed by atoms with Gasteiger partial charge in [-0.25, -0.2) is 13.2 Å². The molecule has 2 atom stereocenters. The monoisotopic (exact) mass is 491 g/mol. The first kappa shape index (κ1) is 25.0. The Balaban J connectivity index is 1.36. The second kappa shape index (κ2) is 9.85. The van der Waals surface area contributed by atoms with Crippen molar-refractivity contribution in [2.75, 3.05) is 26.2 Å². The summed E-state index contributed by atoms with van der Waals surface area (Å²) in [5, 5.41) is 3.07. The third-order valence-corrected chi connectivity index (χ3v) is 8.74. The summed E-state index contributed by atoms with van der Waals surface area (Å²) in [5.41, 5.74) is 1.80. The van der Waals surface area contributed by atoms with Crippen LogP contribution in [0.2, 0.25) is 0 Å². The van der Waals surface area contributed by atoms with Crippen LogP contribution in [0.5, 0.6) is 0 Å². The molecule has 4 rings (SSSR count). The lowest BCUT2D eigenvalue weighted by Crippen LogP contribution is -2.53. The van der Waals surface area contributed by atoms with Crippen molar-refractivity contribution in [2.45, 2.75) is 82.3 Å². The second-order valence-corrected chi connectivity index (χ2v) is 12.7. The molecule has 2 fully saturated rings. The van der Waals surface area contributed by atoms with Gasteiger partial charge in [0.25, 0.3) is 0 Å². The molecule has 2 heterocycles. The fourth-order valence-electron chi connectivity index (χ4n) is 5.14. The van der Waals surface area contributed by atoms with E-state index < -0.39 is 21.7 Å². The van der Waals surface area contributed by atoms with E-state index in [9.17, 15) is 18.0 Å². The van der Waals surface area contributed by atoms with E-state index in [0.29, 0.717) is 37.4 Å². The highest BCUT2D eigenvalue weighted by Gasteiger charge is 2.35. The van der Waals surface area contributed by atoms with Crippen LogP contribution in [0.25, 0.3) is 0 Å². The van der Waals surface area contributed by atoms with Gasteiger partial charge in [-0.05, 0) is 89.0 Å². The molecule has 2 saturated heterocycles. The van der Waals surface area contributed by atoms with Gasteiger partial charge in [0.05, 0.1) is 10.8 Å². The number of piperidine rings is 2. The van der Waals surface area contributed by atoms with Crippen molar-refractivity contribution in [1.82, 2.24) is 14.5 Å². The molecule has 0 bridgehead atoms. The standard InChI is InChI=1S/C25H37N3O5S/c1-25(2,3)33-24(30)27-13-5-9-20(16-27)23(29)26-21-10-6-14-28(17-21)34(31,32)22-12-11-18-7-4-8-19(18)15-22/h11-12,15,20-21H,4-10,13-14,16-17H2,1-3H3,(H,26,29)/t20-,21+/m0/s1. The summed E-state index contributed by atoms with van der Waals surface area (Å²) >= 11 is 0. The minimum Gasteiger partial charge on any atom is -0.444 e. The Labute approximate surface area is 203 Å². The number of fused-ring (bicyclic) bond motifs is 1. The summed E-state index contributed by atoms with van der Waals surface area (Å²) in [5.74, 6) is -0.431. The van der Waals surface area contributed by atoms with E-state index in [1.807, 2.05) is 32.9 Å². The number of carbonyl (C=O) groups is 2. The van der Waals surface area contributed by atoms with Gasteiger partial charge in [-0.15, -0.1) is 0 Å². The maximum atomic E-state index is 13.3. The number of nitrogens with one attached hydrogen (secondary N) is 1. The first-order valence-corrected chi connectivity index (χ1v) is 13.9. The molecular weight excluding hydrogens is 454 g/mol. The van der Waals surface area contributed by atoms with Crippen LogP contribution < -0.4 is 5.32 Å². The van der Waals surface area contributed by atoms with Gasteiger partial charge in [-0.1, -0.05) is 6.07 Å². The van der Waals surface area contributed by atoms with Gasteiger partial charge in [0.1, 0.15) is 5.60 Å². The number of sulfonamides is 1. The van der Waals surface area contributed by atoms with Crippen LogP contribution in [0.15, 0.2) is 23.1 Å². The highest BCUT2D eigenvalue weighted by molar-refractivity contribution is 7.89. The molecule has 1 N–H and O–H groups in total. The lowest BCUT2D eigenvalue weighted by atomic mass is 9.96. The van der Waals surface area contributed by atoms with Gasteiger partial charge in [0.15, 0.2) is 0 Å². The minimum absolute atomic E-state index is 0.116. The Morgan fingerprint density at radius 3 is 2.50 bits per heavy atom. The molecule has 1 aromatic rings. The molecule has 2 aliphatic heterocycles. The molecule has 0 radical (unpaired) electrons. The number of likely N-dealkylation sites (tertiary alicyclic amines) is 1. The third kappa shape index (κ3) is 5.74. The van der Waals surface area contributed by atoms with Crippen LogP contribution in [0.4, 0.5) is 4.79 Å². The van der Waals surface area contributed by atoms with E-state index in [1.165, 1.54) is 9.87 Å². The van der Waals surface area contributed by atoms with Crippen LogP contribution in [0.3, 0.4) is 0 Å². The van der Waals surface area contributed by atoms with Crippen molar-refractivity contribution in [1.29, 1.82) is 0 Å². The Bertz CT molecular complexity index is 1030. The summed E-state index contributed by atoms with van der Waals surface area (Å²) in [4.78, 5) is 27.4. The normalized spacial score (nSPS) is 23.9. The minimum atomic E-state index is -3.60. The average molecular weight is 492 g/mol. The summed E-state index contributed by atoms with van der Waals surface area (Å²) in [6.45, 7) is 7.11. The number of nitrogens with zero attached hydrogens (tertiary/aromatic N) is 2. The zero-order valence-corrected chi connectivity index (χ0v) is 21.3. The zero-order chi connectivity index (χ0) is 24.5. The molecule has 8 nitrogen and oxygen atoms in total. The lowest BCUT2D eigenvalue weighted by molar-refractivity contribution is -0.127. The molecular formula is C25H37N3O5S. The average Bonchev–Trinajstić information content (AvgIpc) is 3.26. The van der Waals surface area contributed by atoms with E-state index in [4.69, 9.17) is 4.74 Å². The maximum Gasteiger partial charge on any atom is 0.410 e. The Kier molecular flexibility index (Phi) is 7.24. The van der Waals surface area contributed by atoms with Crippen molar-refractivity contribution in [3.8, 4) is 0 Å². The number of carbonyl (C=O) groups excluding carboxylic acids is 2. The van der Waals surface area contributed by atoms with Crippen molar-refractivity contribution in [2.24, 2.45) is 5.92 Å². The summed E-state index contributed by atoms with van der Waals surface area (Å²) in [6, 6.07) is 5.25. The van der Waals surface area contributed by atoms with Gasteiger partial charge >= 0.3 is 6.09 Å². The van der Waals surface area contributed by atoms with E-state index in [1.54, 1.807) is 11.0 Å². The highest BCUT2D eigenvalue weighted by atomic mass is 32.2. The fraction of sp³-hybridized carbons (Fsp3) is 0.680. The van der Waals surface area contributed by atoms with Crippen molar-refractivity contribution in [3.63, 3.8) is 0 Å². The number of rotatable bonds is 4. The predicted molar refractivity (Wildman–Crippen MR) is 129 cm³/mol. The largest absolute Gasteiger partial charge is 0.444 e. The first-order valence-electron chi connectivity index (χ1n) is 12.4. The molecule has 2 amide bonds. The molecule has 0 spiro atoms. The summed E-state index contributed by atoms with van der Waals surface area (Å²) in [6.07, 6.45) is 5.50. The molecule has 3 aliphatic rings. The topological polar surface area (TPSA) is 96.0 Å². The van der Waals surface area contributed by atoms with E-state index in [0.717, 1.165) is 37.7 Å². The smallest absolute Gasteiger partial charge is 0.410 e. The van der Waals surface area contributed by atoms with Crippen molar-refractivity contribution in [3.05, 3.63) is 29.3 Å². The second-order valence-electron chi connectivity index (χ2n) is 10.8. The predicted octanol–water partition coefficient (Wildman–Crippen LogP) is 3.09. The Morgan fingerprint density at radius 1 is 1.00 bits per heavy atom. The highest BCUT2D eigenvalue weighted by Crippen LogP contribution is 2.28. The SMILES string of the molecule is CC(C)(C)OC(=O)N1CCC[C@H](C(=O)N[C@@H]2CCCN(S(=O)(=O)c3ccc4c(c3)CCC4)C2)C1. The molecule has 1 aromatic carbocycles. The van der Waals surface area contributed by atoms with E-state index in [-0.39, 0.29) is 24.4 Å². The Morgan fingerprint density at radius 2 is 1.74 bits per heavy atom. The van der Waals surface area contributed by atoms with Crippen LogP contribution in [-0.2, 0) is 32.4 Å². The third-order valence-electron chi connectivity index (χ3n) is 6.88. The van der Waals surface area contributed by atoms with E-state index in [2.05, 4.69) is 5.32 Å².